The van der Waals surface area contributed by atoms with Gasteiger partial charge in [-0.25, -0.2) is 4.99 Å². The number of hydrogen-bond donors (Lipinski definition) is 2. The zero-order valence-corrected chi connectivity index (χ0v) is 17.2. The molecule has 0 atom stereocenters. The van der Waals surface area contributed by atoms with Gasteiger partial charge in [-0.15, -0.1) is 0 Å². The molecule has 2 N–H and O–H groups in total. The van der Waals surface area contributed by atoms with Gasteiger partial charge in [0.05, 0.1) is 20.8 Å². The molecule has 0 aliphatic carbocycles. The third kappa shape index (κ3) is 7.96. The van der Waals surface area contributed by atoms with Crippen LogP contribution in [0.3, 0.4) is 0 Å². The molecule has 7 heteroatoms. The van der Waals surface area contributed by atoms with E-state index in [1.807, 2.05) is 19.1 Å². The summed E-state index contributed by atoms with van der Waals surface area (Å²) in [5.41, 5.74) is 1.03. The number of halogens is 1. The summed E-state index contributed by atoms with van der Waals surface area (Å²) in [4.78, 5) is 4.65. The molecule has 1 rings (SSSR count). The van der Waals surface area contributed by atoms with Crippen molar-refractivity contribution in [2.24, 2.45) is 4.99 Å². The average Bonchev–Trinajstić information content (AvgIpc) is 2.62. The van der Waals surface area contributed by atoms with Crippen molar-refractivity contribution in [3.05, 3.63) is 22.2 Å². The minimum atomic E-state index is 0.537. The Kier molecular flexibility index (Phi) is 11.1. The van der Waals surface area contributed by atoms with Crippen molar-refractivity contribution in [3.8, 4) is 11.5 Å². The summed E-state index contributed by atoms with van der Waals surface area (Å²) >= 11 is 3.57. The second kappa shape index (κ2) is 12.8. The number of rotatable bonds is 11. The summed E-state index contributed by atoms with van der Waals surface area (Å²) < 4.78 is 17.0. The summed E-state index contributed by atoms with van der Waals surface area (Å²) in [6.45, 7) is 7.88. The van der Waals surface area contributed by atoms with Crippen molar-refractivity contribution in [1.29, 1.82) is 0 Å². The number of unbranched alkanes of at least 4 members (excludes halogenated alkanes) is 1. The van der Waals surface area contributed by atoms with Gasteiger partial charge in [-0.1, -0.05) is 15.9 Å². The van der Waals surface area contributed by atoms with E-state index >= 15 is 0 Å². The van der Waals surface area contributed by atoms with Gasteiger partial charge in [-0.05, 0) is 44.4 Å². The number of nitrogens with one attached hydrogen (secondary N) is 2. The van der Waals surface area contributed by atoms with Gasteiger partial charge >= 0.3 is 0 Å². The first-order chi connectivity index (χ1) is 12.2. The normalized spacial score (nSPS) is 11.3. The van der Waals surface area contributed by atoms with Gasteiger partial charge in [0, 0.05) is 30.8 Å². The van der Waals surface area contributed by atoms with E-state index in [1.54, 1.807) is 14.2 Å². The Morgan fingerprint density at radius 3 is 2.44 bits per heavy atom. The van der Waals surface area contributed by atoms with Gasteiger partial charge in [-0.2, -0.15) is 0 Å². The first kappa shape index (κ1) is 21.6. The van der Waals surface area contributed by atoms with Crippen LogP contribution >= 0.6 is 15.9 Å². The summed E-state index contributed by atoms with van der Waals surface area (Å²) in [7, 11) is 3.26. The van der Waals surface area contributed by atoms with Crippen LogP contribution in [0.2, 0.25) is 0 Å². The van der Waals surface area contributed by atoms with Crippen molar-refractivity contribution < 1.29 is 14.2 Å². The molecular weight excluding hydrogens is 386 g/mol. The standard InChI is InChI=1S/C18H30BrN3O3/c1-5-20-18(21-9-7-8-10-25-6-2)22-13-14-11-16(23-3)17(24-4)12-15(14)19/h11-12H,5-10,13H2,1-4H3,(H2,20,21,22). The average molecular weight is 416 g/mol. The number of benzene rings is 1. The van der Waals surface area contributed by atoms with E-state index in [2.05, 4.69) is 38.5 Å². The van der Waals surface area contributed by atoms with Gasteiger partial charge in [0.25, 0.3) is 0 Å². The molecule has 0 aliphatic rings. The maximum atomic E-state index is 5.36. The highest BCUT2D eigenvalue weighted by Gasteiger charge is 2.09. The fourth-order valence-corrected chi connectivity index (χ4v) is 2.65. The topological polar surface area (TPSA) is 64.1 Å². The maximum Gasteiger partial charge on any atom is 0.191 e. The van der Waals surface area contributed by atoms with Crippen molar-refractivity contribution in [3.63, 3.8) is 0 Å². The minimum Gasteiger partial charge on any atom is -0.493 e. The van der Waals surface area contributed by atoms with Crippen molar-refractivity contribution in [2.75, 3.05) is 40.5 Å². The Bertz CT molecular complexity index is 539. The quantitative estimate of drug-likeness (QED) is 0.329. The smallest absolute Gasteiger partial charge is 0.191 e. The molecule has 0 aromatic heterocycles. The van der Waals surface area contributed by atoms with Crippen LogP contribution in [0.1, 0.15) is 32.3 Å². The highest BCUT2D eigenvalue weighted by atomic mass is 79.9. The van der Waals surface area contributed by atoms with E-state index in [9.17, 15) is 0 Å². The second-order valence-corrected chi connectivity index (χ2v) is 6.18. The monoisotopic (exact) mass is 415 g/mol. The zero-order chi connectivity index (χ0) is 18.5. The lowest BCUT2D eigenvalue weighted by Crippen LogP contribution is -2.37. The van der Waals surface area contributed by atoms with Crippen LogP contribution in [0.5, 0.6) is 11.5 Å². The molecule has 0 saturated carbocycles. The molecule has 142 valence electrons. The fraction of sp³-hybridized carbons (Fsp3) is 0.611. The van der Waals surface area contributed by atoms with E-state index in [1.165, 1.54) is 0 Å². The molecule has 0 fully saturated rings. The summed E-state index contributed by atoms with van der Waals surface area (Å²) in [6.07, 6.45) is 2.09. The van der Waals surface area contributed by atoms with Gasteiger partial charge < -0.3 is 24.8 Å². The molecule has 1 aromatic carbocycles. The van der Waals surface area contributed by atoms with Gasteiger partial charge in [0.15, 0.2) is 17.5 Å². The molecular formula is C18H30BrN3O3. The summed E-state index contributed by atoms with van der Waals surface area (Å²) in [5.74, 6) is 2.20. The predicted octanol–water partition coefficient (Wildman–Crippen LogP) is 3.34. The number of ether oxygens (including phenoxy) is 3. The SMILES string of the molecule is CCNC(=NCc1cc(OC)c(OC)cc1Br)NCCCCOCC. The van der Waals surface area contributed by atoms with Crippen LogP contribution in [-0.2, 0) is 11.3 Å². The van der Waals surface area contributed by atoms with Crippen LogP contribution in [0, 0.1) is 0 Å². The summed E-state index contributed by atoms with van der Waals surface area (Å²) in [5, 5.41) is 6.61. The Hall–Kier alpha value is -1.47. The first-order valence-corrected chi connectivity index (χ1v) is 9.45. The Morgan fingerprint density at radius 1 is 1.08 bits per heavy atom. The Morgan fingerprint density at radius 2 is 1.80 bits per heavy atom. The van der Waals surface area contributed by atoms with E-state index in [-0.39, 0.29) is 0 Å². The molecule has 0 amide bonds. The van der Waals surface area contributed by atoms with Gasteiger partial charge in [0.1, 0.15) is 0 Å². The van der Waals surface area contributed by atoms with E-state index in [0.29, 0.717) is 18.0 Å². The van der Waals surface area contributed by atoms with Crippen LogP contribution in [0.4, 0.5) is 0 Å². The first-order valence-electron chi connectivity index (χ1n) is 8.66. The molecule has 25 heavy (non-hydrogen) atoms. The molecule has 1 aromatic rings. The van der Waals surface area contributed by atoms with Gasteiger partial charge in [0.2, 0.25) is 0 Å². The highest BCUT2D eigenvalue weighted by Crippen LogP contribution is 2.33. The van der Waals surface area contributed by atoms with Crippen LogP contribution in [0.15, 0.2) is 21.6 Å². The molecule has 0 radical (unpaired) electrons. The van der Waals surface area contributed by atoms with Crippen molar-refractivity contribution in [1.82, 2.24) is 10.6 Å². The molecule has 0 heterocycles. The minimum absolute atomic E-state index is 0.537. The van der Waals surface area contributed by atoms with Gasteiger partial charge in [-0.3, -0.25) is 0 Å². The maximum absolute atomic E-state index is 5.36. The van der Waals surface area contributed by atoms with Crippen LogP contribution in [0.25, 0.3) is 0 Å². The largest absolute Gasteiger partial charge is 0.493 e. The van der Waals surface area contributed by atoms with E-state index in [0.717, 1.165) is 55.1 Å². The van der Waals surface area contributed by atoms with Crippen molar-refractivity contribution in [2.45, 2.75) is 33.2 Å². The van der Waals surface area contributed by atoms with E-state index < -0.39 is 0 Å². The molecule has 6 nitrogen and oxygen atoms in total. The Balaban J connectivity index is 2.64. The second-order valence-electron chi connectivity index (χ2n) is 5.32. The van der Waals surface area contributed by atoms with Crippen LogP contribution in [-0.4, -0.2) is 46.5 Å². The third-order valence-corrected chi connectivity index (χ3v) is 4.25. The fourth-order valence-electron chi connectivity index (χ4n) is 2.20. The molecule has 0 bridgehead atoms. The Labute approximate surface area is 159 Å². The van der Waals surface area contributed by atoms with Crippen molar-refractivity contribution >= 4 is 21.9 Å². The number of guanidine groups is 1. The molecule has 0 aliphatic heterocycles. The zero-order valence-electron chi connectivity index (χ0n) is 15.7. The molecule has 0 unspecified atom stereocenters. The number of aliphatic imine (C=N–C) groups is 1. The highest BCUT2D eigenvalue weighted by molar-refractivity contribution is 9.10. The number of nitrogens with zero attached hydrogens (tertiary/aromatic N) is 1. The lowest BCUT2D eigenvalue weighted by Gasteiger charge is -2.13. The lowest BCUT2D eigenvalue weighted by molar-refractivity contribution is 0.143. The number of methoxy groups -OCH3 is 2. The summed E-state index contributed by atoms with van der Waals surface area (Å²) in [6, 6.07) is 3.84. The lowest BCUT2D eigenvalue weighted by atomic mass is 10.2. The van der Waals surface area contributed by atoms with E-state index in [4.69, 9.17) is 14.2 Å². The molecule has 0 saturated heterocycles. The number of hydrogen-bond acceptors (Lipinski definition) is 4. The molecule has 0 spiro atoms. The third-order valence-electron chi connectivity index (χ3n) is 3.52. The predicted molar refractivity (Wildman–Crippen MR) is 106 cm³/mol. The van der Waals surface area contributed by atoms with Crippen LogP contribution < -0.4 is 20.1 Å².